The fourth-order valence-corrected chi connectivity index (χ4v) is 3.50. The molecule has 2 rings (SSSR count). The van der Waals surface area contributed by atoms with E-state index in [1.54, 1.807) is 0 Å². The maximum Gasteiger partial charge on any atom is 0.354 e. The summed E-state index contributed by atoms with van der Waals surface area (Å²) < 4.78 is 0. The molecular formula is C13H16N2O3S. The number of carbonyl (C=O) groups is 2. The highest BCUT2D eigenvalue weighted by Crippen LogP contribution is 2.25. The van der Waals surface area contributed by atoms with Gasteiger partial charge in [-0.1, -0.05) is 13.8 Å². The molecule has 0 aliphatic carbocycles. The Morgan fingerprint density at radius 2 is 1.95 bits per heavy atom. The van der Waals surface area contributed by atoms with Crippen molar-refractivity contribution in [3.05, 3.63) is 29.6 Å². The van der Waals surface area contributed by atoms with Gasteiger partial charge >= 0.3 is 5.97 Å². The number of aromatic nitrogens is 1. The van der Waals surface area contributed by atoms with E-state index in [9.17, 15) is 9.59 Å². The Hall–Kier alpha value is -1.56. The smallest absolute Gasteiger partial charge is 0.354 e. The van der Waals surface area contributed by atoms with Crippen molar-refractivity contribution in [2.75, 3.05) is 13.1 Å². The third-order valence-corrected chi connectivity index (χ3v) is 4.16. The summed E-state index contributed by atoms with van der Waals surface area (Å²) in [6.45, 7) is 5.64. The van der Waals surface area contributed by atoms with Gasteiger partial charge in [0.15, 0.2) is 0 Å². The molecule has 2 unspecified atom stereocenters. The van der Waals surface area contributed by atoms with Crippen LogP contribution in [0.1, 0.15) is 34.7 Å². The van der Waals surface area contributed by atoms with Gasteiger partial charge in [-0.2, -0.15) is 11.8 Å². The molecule has 0 saturated carbocycles. The van der Waals surface area contributed by atoms with Crippen LogP contribution in [0.15, 0.2) is 18.3 Å². The van der Waals surface area contributed by atoms with E-state index in [0.717, 1.165) is 0 Å². The number of pyridine rings is 1. The zero-order valence-electron chi connectivity index (χ0n) is 10.9. The lowest BCUT2D eigenvalue weighted by Gasteiger charge is -2.34. The van der Waals surface area contributed by atoms with Gasteiger partial charge in [0.05, 0.1) is 5.56 Å². The van der Waals surface area contributed by atoms with Gasteiger partial charge in [0.1, 0.15) is 5.69 Å². The van der Waals surface area contributed by atoms with Gasteiger partial charge < -0.3 is 10.0 Å². The minimum atomic E-state index is -1.09. The first-order valence-electron chi connectivity index (χ1n) is 6.11. The van der Waals surface area contributed by atoms with Gasteiger partial charge in [0, 0.05) is 29.8 Å². The summed E-state index contributed by atoms with van der Waals surface area (Å²) in [5, 5.41) is 9.60. The van der Waals surface area contributed by atoms with E-state index in [1.807, 2.05) is 16.7 Å². The van der Waals surface area contributed by atoms with E-state index in [1.165, 1.54) is 18.3 Å². The number of carboxylic acids is 1. The fourth-order valence-electron chi connectivity index (χ4n) is 2.17. The quantitative estimate of drug-likeness (QED) is 0.893. The second-order valence-corrected chi connectivity index (χ2v) is 6.59. The van der Waals surface area contributed by atoms with Gasteiger partial charge in [0.2, 0.25) is 0 Å². The summed E-state index contributed by atoms with van der Waals surface area (Å²) in [6.07, 6.45) is 1.34. The third-order valence-electron chi connectivity index (χ3n) is 2.94. The summed E-state index contributed by atoms with van der Waals surface area (Å²) in [4.78, 5) is 28.6. The van der Waals surface area contributed by atoms with Crippen molar-refractivity contribution in [3.63, 3.8) is 0 Å². The predicted molar refractivity (Wildman–Crippen MR) is 73.6 cm³/mol. The maximum absolute atomic E-state index is 12.3. The maximum atomic E-state index is 12.3. The first-order chi connectivity index (χ1) is 8.97. The van der Waals surface area contributed by atoms with Crippen LogP contribution in [-0.2, 0) is 0 Å². The SMILES string of the molecule is CC1CN(C(=O)c2ccc(C(=O)O)nc2)CC(C)S1. The Morgan fingerprint density at radius 3 is 2.42 bits per heavy atom. The molecule has 1 N–H and O–H groups in total. The molecular weight excluding hydrogens is 264 g/mol. The summed E-state index contributed by atoms with van der Waals surface area (Å²) in [5.74, 6) is -1.17. The van der Waals surface area contributed by atoms with Crippen molar-refractivity contribution in [2.24, 2.45) is 0 Å². The summed E-state index contributed by atoms with van der Waals surface area (Å²) in [5.41, 5.74) is 0.392. The summed E-state index contributed by atoms with van der Waals surface area (Å²) >= 11 is 1.88. The number of hydrogen-bond acceptors (Lipinski definition) is 4. The Morgan fingerprint density at radius 1 is 1.32 bits per heavy atom. The van der Waals surface area contributed by atoms with Crippen LogP contribution in [0.4, 0.5) is 0 Å². The number of amides is 1. The van der Waals surface area contributed by atoms with Gasteiger partial charge in [-0.15, -0.1) is 0 Å². The first kappa shape index (κ1) is 13.9. The average molecular weight is 280 g/mol. The van der Waals surface area contributed by atoms with Crippen LogP contribution in [-0.4, -0.2) is 50.5 Å². The van der Waals surface area contributed by atoms with Gasteiger partial charge in [-0.3, -0.25) is 4.79 Å². The average Bonchev–Trinajstić information content (AvgIpc) is 2.37. The normalized spacial score (nSPS) is 23.2. The molecule has 1 amide bonds. The van der Waals surface area contributed by atoms with Crippen molar-refractivity contribution in [2.45, 2.75) is 24.3 Å². The Labute approximate surface area is 116 Å². The number of aromatic carboxylic acids is 1. The molecule has 1 aliphatic rings. The molecule has 2 atom stereocenters. The Kier molecular flexibility index (Phi) is 4.09. The lowest BCUT2D eigenvalue weighted by Crippen LogP contribution is -2.44. The van der Waals surface area contributed by atoms with Crippen molar-refractivity contribution >= 4 is 23.6 Å². The minimum Gasteiger partial charge on any atom is -0.477 e. The molecule has 19 heavy (non-hydrogen) atoms. The molecule has 1 saturated heterocycles. The number of carbonyl (C=O) groups excluding carboxylic acids is 1. The molecule has 2 heterocycles. The summed E-state index contributed by atoms with van der Waals surface area (Å²) in [6, 6.07) is 2.89. The van der Waals surface area contributed by atoms with E-state index in [0.29, 0.717) is 29.2 Å². The summed E-state index contributed by atoms with van der Waals surface area (Å²) in [7, 11) is 0. The molecule has 1 aromatic heterocycles. The lowest BCUT2D eigenvalue weighted by molar-refractivity contribution is 0.0687. The molecule has 5 nitrogen and oxygen atoms in total. The van der Waals surface area contributed by atoms with Crippen molar-refractivity contribution in [1.29, 1.82) is 0 Å². The first-order valence-corrected chi connectivity index (χ1v) is 7.05. The number of thioether (sulfide) groups is 1. The largest absolute Gasteiger partial charge is 0.477 e. The number of hydrogen-bond donors (Lipinski definition) is 1. The molecule has 1 fully saturated rings. The number of rotatable bonds is 2. The van der Waals surface area contributed by atoms with Crippen LogP contribution in [0.25, 0.3) is 0 Å². The van der Waals surface area contributed by atoms with E-state index in [2.05, 4.69) is 18.8 Å². The fraction of sp³-hybridized carbons (Fsp3) is 0.462. The zero-order chi connectivity index (χ0) is 14.0. The van der Waals surface area contributed by atoms with Crippen LogP contribution in [0.3, 0.4) is 0 Å². The van der Waals surface area contributed by atoms with Crippen molar-refractivity contribution in [1.82, 2.24) is 9.88 Å². The second kappa shape index (κ2) is 5.61. The highest BCUT2D eigenvalue weighted by atomic mass is 32.2. The van der Waals surface area contributed by atoms with Gasteiger partial charge in [0.25, 0.3) is 5.91 Å². The highest BCUT2D eigenvalue weighted by molar-refractivity contribution is 8.00. The third kappa shape index (κ3) is 3.26. The van der Waals surface area contributed by atoms with E-state index >= 15 is 0 Å². The Bertz CT molecular complexity index is 479. The van der Waals surface area contributed by atoms with Crippen molar-refractivity contribution < 1.29 is 14.7 Å². The monoisotopic (exact) mass is 280 g/mol. The molecule has 0 spiro atoms. The minimum absolute atomic E-state index is 0.0486. The molecule has 102 valence electrons. The molecule has 0 radical (unpaired) electrons. The molecule has 6 heteroatoms. The molecule has 0 aromatic carbocycles. The van der Waals surface area contributed by atoms with Crippen LogP contribution in [0, 0.1) is 0 Å². The van der Waals surface area contributed by atoms with Crippen LogP contribution in [0.2, 0.25) is 0 Å². The van der Waals surface area contributed by atoms with Crippen LogP contribution in [0.5, 0.6) is 0 Å². The predicted octanol–water partition coefficient (Wildman–Crippen LogP) is 1.75. The van der Waals surface area contributed by atoms with Gasteiger partial charge in [-0.05, 0) is 12.1 Å². The van der Waals surface area contributed by atoms with Gasteiger partial charge in [-0.25, -0.2) is 9.78 Å². The zero-order valence-corrected chi connectivity index (χ0v) is 11.7. The molecule has 1 aromatic rings. The number of carboxylic acid groups (broad SMARTS) is 1. The topological polar surface area (TPSA) is 70.5 Å². The van der Waals surface area contributed by atoms with Crippen molar-refractivity contribution in [3.8, 4) is 0 Å². The number of nitrogens with zero attached hydrogens (tertiary/aromatic N) is 2. The van der Waals surface area contributed by atoms with E-state index in [-0.39, 0.29) is 11.6 Å². The molecule has 0 bridgehead atoms. The molecule has 1 aliphatic heterocycles. The van der Waals surface area contributed by atoms with E-state index in [4.69, 9.17) is 5.11 Å². The van der Waals surface area contributed by atoms with Crippen LogP contribution >= 0.6 is 11.8 Å². The lowest BCUT2D eigenvalue weighted by atomic mass is 10.2. The second-order valence-electron chi connectivity index (χ2n) is 4.70. The van der Waals surface area contributed by atoms with E-state index < -0.39 is 5.97 Å². The highest BCUT2D eigenvalue weighted by Gasteiger charge is 2.26. The standard InChI is InChI=1S/C13H16N2O3S/c1-8-6-15(7-9(2)19-8)12(16)10-3-4-11(13(17)18)14-5-10/h3-5,8-9H,6-7H2,1-2H3,(H,17,18). The Balaban J connectivity index is 2.12. The van der Waals surface area contributed by atoms with Crippen LogP contribution < -0.4 is 0 Å².